The average Bonchev–Trinajstić information content (AvgIpc) is 2.42. The van der Waals surface area contributed by atoms with Crippen LogP contribution in [0.1, 0.15) is 12.8 Å². The van der Waals surface area contributed by atoms with Gasteiger partial charge in [0, 0.05) is 0 Å². The van der Waals surface area contributed by atoms with Crippen LogP contribution < -0.4 is 10.1 Å². The monoisotopic (exact) mass is 280 g/mol. The third kappa shape index (κ3) is 2.99. The van der Waals surface area contributed by atoms with Crippen LogP contribution in [-0.2, 0) is 9.84 Å². The fourth-order valence-electron chi connectivity index (χ4n) is 2.16. The SMILES string of the molecule is COc1ccccc1NC1(C#N)CCS(=O)(=O)CC1. The Bertz CT molecular complexity index is 591. The molecule has 1 aromatic rings. The fourth-order valence-corrected chi connectivity index (χ4v) is 3.68. The number of hydrogen-bond donors (Lipinski definition) is 1. The van der Waals surface area contributed by atoms with Gasteiger partial charge >= 0.3 is 0 Å². The quantitative estimate of drug-likeness (QED) is 0.909. The van der Waals surface area contributed by atoms with Gasteiger partial charge < -0.3 is 10.1 Å². The van der Waals surface area contributed by atoms with Crippen molar-refractivity contribution in [2.75, 3.05) is 23.9 Å². The van der Waals surface area contributed by atoms with Crippen LogP contribution in [0.2, 0.25) is 0 Å². The van der Waals surface area contributed by atoms with Gasteiger partial charge in [-0.1, -0.05) is 12.1 Å². The molecule has 1 saturated heterocycles. The van der Waals surface area contributed by atoms with Crippen molar-refractivity contribution in [3.63, 3.8) is 0 Å². The lowest BCUT2D eigenvalue weighted by molar-refractivity contribution is 0.414. The molecule has 0 spiro atoms. The maximum Gasteiger partial charge on any atom is 0.150 e. The maximum atomic E-state index is 11.5. The van der Waals surface area contributed by atoms with Gasteiger partial charge in [-0.25, -0.2) is 8.42 Å². The van der Waals surface area contributed by atoms with Crippen molar-refractivity contribution in [1.82, 2.24) is 0 Å². The van der Waals surface area contributed by atoms with Crippen molar-refractivity contribution < 1.29 is 13.2 Å². The van der Waals surface area contributed by atoms with E-state index in [0.717, 1.165) is 0 Å². The normalized spacial score (nSPS) is 20.2. The van der Waals surface area contributed by atoms with Crippen LogP contribution in [0.25, 0.3) is 0 Å². The molecule has 0 amide bonds. The van der Waals surface area contributed by atoms with Crippen molar-refractivity contribution in [1.29, 1.82) is 5.26 Å². The molecule has 6 heteroatoms. The van der Waals surface area contributed by atoms with Crippen LogP contribution in [-0.4, -0.2) is 32.6 Å². The minimum Gasteiger partial charge on any atom is -0.495 e. The van der Waals surface area contributed by atoms with E-state index in [1.807, 2.05) is 18.2 Å². The zero-order valence-electron chi connectivity index (χ0n) is 10.7. The van der Waals surface area contributed by atoms with Crippen LogP contribution in [0.5, 0.6) is 5.75 Å². The van der Waals surface area contributed by atoms with E-state index in [1.54, 1.807) is 13.2 Å². The summed E-state index contributed by atoms with van der Waals surface area (Å²) in [6.45, 7) is 0. The highest BCUT2D eigenvalue weighted by molar-refractivity contribution is 7.91. The smallest absolute Gasteiger partial charge is 0.150 e. The minimum atomic E-state index is -2.99. The number of nitrogens with zero attached hydrogens (tertiary/aromatic N) is 1. The van der Waals surface area contributed by atoms with Gasteiger partial charge in [0.2, 0.25) is 0 Å². The van der Waals surface area contributed by atoms with Crippen LogP contribution in [0.15, 0.2) is 24.3 Å². The second-order valence-corrected chi connectivity index (χ2v) is 6.97. The van der Waals surface area contributed by atoms with Crippen molar-refractivity contribution in [2.45, 2.75) is 18.4 Å². The Kier molecular flexibility index (Phi) is 3.67. The number of methoxy groups -OCH3 is 1. The highest BCUT2D eigenvalue weighted by atomic mass is 32.2. The molecule has 1 N–H and O–H groups in total. The van der Waals surface area contributed by atoms with Crippen molar-refractivity contribution >= 4 is 15.5 Å². The summed E-state index contributed by atoms with van der Waals surface area (Å²) in [5.74, 6) is 0.733. The molecule has 1 fully saturated rings. The Hall–Kier alpha value is -1.74. The number of rotatable bonds is 3. The highest BCUT2D eigenvalue weighted by Gasteiger charge is 2.37. The number of benzene rings is 1. The second kappa shape index (κ2) is 5.10. The largest absolute Gasteiger partial charge is 0.495 e. The van der Waals surface area contributed by atoms with Crippen LogP contribution in [0.3, 0.4) is 0 Å². The molecule has 1 aliphatic heterocycles. The molecular weight excluding hydrogens is 264 g/mol. The fraction of sp³-hybridized carbons (Fsp3) is 0.462. The first-order valence-electron chi connectivity index (χ1n) is 6.03. The molecular formula is C13H16N2O3S. The Morgan fingerprint density at radius 3 is 2.53 bits per heavy atom. The summed E-state index contributed by atoms with van der Waals surface area (Å²) < 4.78 is 28.2. The molecule has 0 radical (unpaired) electrons. The predicted molar refractivity (Wildman–Crippen MR) is 72.8 cm³/mol. The Balaban J connectivity index is 2.23. The van der Waals surface area contributed by atoms with E-state index in [-0.39, 0.29) is 11.5 Å². The lowest BCUT2D eigenvalue weighted by Crippen LogP contribution is -2.44. The lowest BCUT2D eigenvalue weighted by Gasteiger charge is -2.32. The number of nitrogens with one attached hydrogen (secondary N) is 1. The van der Waals surface area contributed by atoms with E-state index < -0.39 is 15.4 Å². The summed E-state index contributed by atoms with van der Waals surface area (Å²) in [5.41, 5.74) is -0.120. The third-order valence-corrected chi connectivity index (χ3v) is 5.03. The topological polar surface area (TPSA) is 79.2 Å². The van der Waals surface area contributed by atoms with Crippen molar-refractivity contribution in [3.05, 3.63) is 24.3 Å². The minimum absolute atomic E-state index is 0.0444. The van der Waals surface area contributed by atoms with E-state index >= 15 is 0 Å². The van der Waals surface area contributed by atoms with E-state index in [4.69, 9.17) is 4.74 Å². The van der Waals surface area contributed by atoms with Crippen molar-refractivity contribution in [3.8, 4) is 11.8 Å². The predicted octanol–water partition coefficient (Wildman–Crippen LogP) is 1.58. The molecule has 0 atom stereocenters. The Morgan fingerprint density at radius 2 is 1.95 bits per heavy atom. The lowest BCUT2D eigenvalue weighted by atomic mass is 9.93. The van der Waals surface area contributed by atoms with Gasteiger partial charge in [-0.05, 0) is 25.0 Å². The molecule has 19 heavy (non-hydrogen) atoms. The van der Waals surface area contributed by atoms with E-state index in [1.165, 1.54) is 0 Å². The third-order valence-electron chi connectivity index (χ3n) is 3.37. The van der Waals surface area contributed by atoms with E-state index in [0.29, 0.717) is 24.3 Å². The van der Waals surface area contributed by atoms with Gasteiger partial charge in [0.15, 0.2) is 9.84 Å². The van der Waals surface area contributed by atoms with E-state index in [9.17, 15) is 13.7 Å². The molecule has 102 valence electrons. The zero-order valence-corrected chi connectivity index (χ0v) is 11.5. The van der Waals surface area contributed by atoms with Crippen LogP contribution in [0, 0.1) is 11.3 Å². The first-order valence-corrected chi connectivity index (χ1v) is 7.85. The van der Waals surface area contributed by atoms with Gasteiger partial charge in [-0.3, -0.25) is 0 Å². The molecule has 1 aromatic carbocycles. The highest BCUT2D eigenvalue weighted by Crippen LogP contribution is 2.32. The molecule has 0 aliphatic carbocycles. The summed E-state index contributed by atoms with van der Waals surface area (Å²) in [7, 11) is -1.43. The number of nitriles is 1. The molecule has 5 nitrogen and oxygen atoms in total. The van der Waals surface area contributed by atoms with Crippen LogP contribution in [0.4, 0.5) is 5.69 Å². The Labute approximate surface area is 113 Å². The van der Waals surface area contributed by atoms with Gasteiger partial charge in [-0.15, -0.1) is 0 Å². The summed E-state index contributed by atoms with van der Waals surface area (Å²) >= 11 is 0. The Morgan fingerprint density at radius 1 is 1.32 bits per heavy atom. The molecule has 1 aliphatic rings. The maximum absolute atomic E-state index is 11.5. The number of sulfone groups is 1. The number of ether oxygens (including phenoxy) is 1. The number of anilines is 1. The average molecular weight is 280 g/mol. The van der Waals surface area contributed by atoms with Gasteiger partial charge in [0.05, 0.1) is 30.4 Å². The number of para-hydroxylation sites is 2. The van der Waals surface area contributed by atoms with E-state index in [2.05, 4.69) is 11.4 Å². The van der Waals surface area contributed by atoms with Crippen molar-refractivity contribution in [2.24, 2.45) is 0 Å². The first kappa shape index (κ1) is 13.7. The number of hydrogen-bond acceptors (Lipinski definition) is 5. The summed E-state index contributed by atoms with van der Waals surface area (Å²) in [4.78, 5) is 0. The van der Waals surface area contributed by atoms with Gasteiger partial charge in [0.25, 0.3) is 0 Å². The summed E-state index contributed by atoms with van der Waals surface area (Å²) in [6.07, 6.45) is 0.591. The second-order valence-electron chi connectivity index (χ2n) is 4.67. The molecule has 0 aromatic heterocycles. The van der Waals surface area contributed by atoms with Gasteiger partial charge in [0.1, 0.15) is 11.3 Å². The molecule has 0 unspecified atom stereocenters. The molecule has 2 rings (SSSR count). The standard InChI is InChI=1S/C13H16N2O3S/c1-18-12-5-3-2-4-11(12)15-13(10-14)6-8-19(16,17)9-7-13/h2-5,15H,6-9H2,1H3. The van der Waals surface area contributed by atoms with Crippen LogP contribution >= 0.6 is 0 Å². The first-order chi connectivity index (χ1) is 9.00. The molecule has 1 heterocycles. The van der Waals surface area contributed by atoms with Gasteiger partial charge in [-0.2, -0.15) is 5.26 Å². The molecule has 0 bridgehead atoms. The summed E-state index contributed by atoms with van der Waals surface area (Å²) in [5, 5.41) is 12.5. The summed E-state index contributed by atoms with van der Waals surface area (Å²) in [6, 6.07) is 9.53. The zero-order chi connectivity index (χ0) is 13.9. The molecule has 0 saturated carbocycles.